The lowest BCUT2D eigenvalue weighted by Gasteiger charge is -2.15. The standard InChI is InChI=1S/C16H26N2O/c1-2-12-19-16-7-5-6-15(13-16)14-17-8-11-18-9-3-4-10-18/h5-7,13,17H,2-4,8-12,14H2,1H3. The normalized spacial score (nSPS) is 15.8. The van der Waals surface area contributed by atoms with Crippen LogP contribution < -0.4 is 10.1 Å². The lowest BCUT2D eigenvalue weighted by atomic mass is 10.2. The molecular formula is C16H26N2O. The van der Waals surface area contributed by atoms with Gasteiger partial charge in [0.2, 0.25) is 0 Å². The third-order valence-corrected chi connectivity index (χ3v) is 3.50. The highest BCUT2D eigenvalue weighted by Crippen LogP contribution is 2.13. The molecule has 1 N–H and O–H groups in total. The zero-order chi connectivity index (χ0) is 13.3. The summed E-state index contributed by atoms with van der Waals surface area (Å²) in [7, 11) is 0. The molecule has 1 saturated heterocycles. The van der Waals surface area contributed by atoms with Gasteiger partial charge in [0.1, 0.15) is 5.75 Å². The Kier molecular flexibility index (Phi) is 6.18. The van der Waals surface area contributed by atoms with Gasteiger partial charge < -0.3 is 15.0 Å². The Morgan fingerprint density at radius 2 is 2.11 bits per heavy atom. The summed E-state index contributed by atoms with van der Waals surface area (Å²) in [6, 6.07) is 8.39. The first kappa shape index (κ1) is 14.4. The van der Waals surface area contributed by atoms with Crippen molar-refractivity contribution in [1.82, 2.24) is 10.2 Å². The minimum atomic E-state index is 0.797. The Balaban J connectivity index is 1.66. The fourth-order valence-electron chi connectivity index (χ4n) is 2.44. The molecule has 1 aliphatic heterocycles. The van der Waals surface area contributed by atoms with E-state index in [9.17, 15) is 0 Å². The average Bonchev–Trinajstić information content (AvgIpc) is 2.95. The first-order chi connectivity index (χ1) is 9.38. The molecule has 1 heterocycles. The summed E-state index contributed by atoms with van der Waals surface area (Å²) in [4.78, 5) is 2.54. The minimum Gasteiger partial charge on any atom is -0.494 e. The molecule has 0 aromatic heterocycles. The van der Waals surface area contributed by atoms with Crippen LogP contribution in [0.5, 0.6) is 5.75 Å². The number of benzene rings is 1. The van der Waals surface area contributed by atoms with E-state index in [0.29, 0.717) is 0 Å². The van der Waals surface area contributed by atoms with Gasteiger partial charge in [-0.2, -0.15) is 0 Å². The summed E-state index contributed by atoms with van der Waals surface area (Å²) < 4.78 is 5.65. The summed E-state index contributed by atoms with van der Waals surface area (Å²) in [6.07, 6.45) is 3.80. The van der Waals surface area contributed by atoms with Crippen LogP contribution in [0, 0.1) is 0 Å². The van der Waals surface area contributed by atoms with Crippen molar-refractivity contribution in [3.8, 4) is 5.75 Å². The van der Waals surface area contributed by atoms with Crippen molar-refractivity contribution in [2.75, 3.05) is 32.8 Å². The summed E-state index contributed by atoms with van der Waals surface area (Å²) >= 11 is 0. The van der Waals surface area contributed by atoms with Gasteiger partial charge >= 0.3 is 0 Å². The van der Waals surface area contributed by atoms with Crippen LogP contribution in [0.2, 0.25) is 0 Å². The maximum Gasteiger partial charge on any atom is 0.119 e. The molecule has 1 aromatic rings. The van der Waals surface area contributed by atoms with Crippen molar-refractivity contribution in [3.05, 3.63) is 29.8 Å². The average molecular weight is 262 g/mol. The minimum absolute atomic E-state index is 0.797. The largest absolute Gasteiger partial charge is 0.494 e. The van der Waals surface area contributed by atoms with Crippen LogP contribution in [0.1, 0.15) is 31.7 Å². The molecule has 0 bridgehead atoms. The second kappa shape index (κ2) is 8.18. The van der Waals surface area contributed by atoms with Crippen molar-refractivity contribution in [2.24, 2.45) is 0 Å². The van der Waals surface area contributed by atoms with Crippen LogP contribution in [0.25, 0.3) is 0 Å². The monoisotopic (exact) mass is 262 g/mol. The molecule has 0 aliphatic carbocycles. The number of nitrogens with one attached hydrogen (secondary N) is 1. The van der Waals surface area contributed by atoms with E-state index in [1.807, 2.05) is 6.07 Å². The van der Waals surface area contributed by atoms with E-state index in [-0.39, 0.29) is 0 Å². The van der Waals surface area contributed by atoms with Gasteiger partial charge in [0.25, 0.3) is 0 Å². The van der Waals surface area contributed by atoms with Crippen LogP contribution in [-0.4, -0.2) is 37.7 Å². The number of hydrogen-bond donors (Lipinski definition) is 1. The van der Waals surface area contributed by atoms with E-state index in [4.69, 9.17) is 4.74 Å². The first-order valence-corrected chi connectivity index (χ1v) is 7.53. The fraction of sp³-hybridized carbons (Fsp3) is 0.625. The Bertz CT molecular complexity index is 362. The smallest absolute Gasteiger partial charge is 0.119 e. The predicted octanol–water partition coefficient (Wildman–Crippen LogP) is 2.66. The molecule has 106 valence electrons. The number of ether oxygens (including phenoxy) is 1. The van der Waals surface area contributed by atoms with Crippen molar-refractivity contribution in [1.29, 1.82) is 0 Å². The highest BCUT2D eigenvalue weighted by molar-refractivity contribution is 5.28. The third-order valence-electron chi connectivity index (χ3n) is 3.50. The highest BCUT2D eigenvalue weighted by Gasteiger charge is 2.09. The Hall–Kier alpha value is -1.06. The Labute approximate surface area is 116 Å². The van der Waals surface area contributed by atoms with Crippen molar-refractivity contribution in [2.45, 2.75) is 32.7 Å². The molecule has 2 rings (SSSR count). The highest BCUT2D eigenvalue weighted by atomic mass is 16.5. The lowest BCUT2D eigenvalue weighted by molar-refractivity contribution is 0.317. The maximum atomic E-state index is 5.65. The molecule has 0 radical (unpaired) electrons. The molecule has 3 nitrogen and oxygen atoms in total. The van der Waals surface area contributed by atoms with Gasteiger partial charge in [-0.3, -0.25) is 0 Å². The number of nitrogens with zero attached hydrogens (tertiary/aromatic N) is 1. The molecule has 1 aromatic carbocycles. The summed E-state index contributed by atoms with van der Waals surface area (Å²) in [5.74, 6) is 0.987. The molecule has 0 spiro atoms. The van der Waals surface area contributed by atoms with Crippen LogP contribution in [0.4, 0.5) is 0 Å². The van der Waals surface area contributed by atoms with E-state index < -0.39 is 0 Å². The second-order valence-electron chi connectivity index (χ2n) is 5.22. The molecule has 1 fully saturated rings. The number of rotatable bonds is 8. The maximum absolute atomic E-state index is 5.65. The Morgan fingerprint density at radius 3 is 2.89 bits per heavy atom. The first-order valence-electron chi connectivity index (χ1n) is 7.53. The van der Waals surface area contributed by atoms with Gasteiger partial charge in [-0.25, -0.2) is 0 Å². The zero-order valence-corrected chi connectivity index (χ0v) is 12.0. The van der Waals surface area contributed by atoms with Gasteiger partial charge in [0.05, 0.1) is 6.61 Å². The second-order valence-corrected chi connectivity index (χ2v) is 5.22. The zero-order valence-electron chi connectivity index (χ0n) is 12.0. The van der Waals surface area contributed by atoms with Gasteiger partial charge in [0.15, 0.2) is 0 Å². The summed E-state index contributed by atoms with van der Waals surface area (Å²) in [5, 5.41) is 3.51. The van der Waals surface area contributed by atoms with E-state index in [1.165, 1.54) is 38.0 Å². The summed E-state index contributed by atoms with van der Waals surface area (Å²) in [6.45, 7) is 8.66. The van der Waals surface area contributed by atoms with Crippen LogP contribution in [-0.2, 0) is 6.54 Å². The third kappa shape index (κ3) is 5.21. The van der Waals surface area contributed by atoms with Crippen LogP contribution in [0.15, 0.2) is 24.3 Å². The van der Waals surface area contributed by atoms with Gasteiger partial charge in [-0.1, -0.05) is 19.1 Å². The number of likely N-dealkylation sites (tertiary alicyclic amines) is 1. The molecular weight excluding hydrogens is 236 g/mol. The van der Waals surface area contributed by atoms with Crippen LogP contribution in [0.3, 0.4) is 0 Å². The topological polar surface area (TPSA) is 24.5 Å². The van der Waals surface area contributed by atoms with E-state index in [0.717, 1.165) is 31.9 Å². The van der Waals surface area contributed by atoms with Crippen molar-refractivity contribution < 1.29 is 4.74 Å². The van der Waals surface area contributed by atoms with Gasteiger partial charge in [-0.05, 0) is 50.0 Å². The Morgan fingerprint density at radius 1 is 1.26 bits per heavy atom. The molecule has 1 aliphatic rings. The van der Waals surface area contributed by atoms with Gasteiger partial charge in [0, 0.05) is 19.6 Å². The van der Waals surface area contributed by atoms with Crippen molar-refractivity contribution in [3.63, 3.8) is 0 Å². The van der Waals surface area contributed by atoms with Crippen LogP contribution >= 0.6 is 0 Å². The van der Waals surface area contributed by atoms with E-state index in [1.54, 1.807) is 0 Å². The molecule has 0 saturated carbocycles. The van der Waals surface area contributed by atoms with E-state index in [2.05, 4.69) is 35.3 Å². The molecule has 3 heteroatoms. The van der Waals surface area contributed by atoms with Crippen molar-refractivity contribution >= 4 is 0 Å². The van der Waals surface area contributed by atoms with E-state index >= 15 is 0 Å². The molecule has 19 heavy (non-hydrogen) atoms. The predicted molar refractivity (Wildman–Crippen MR) is 79.6 cm³/mol. The molecule has 0 atom stereocenters. The molecule has 0 amide bonds. The fourth-order valence-corrected chi connectivity index (χ4v) is 2.44. The quantitative estimate of drug-likeness (QED) is 0.729. The van der Waals surface area contributed by atoms with Gasteiger partial charge in [-0.15, -0.1) is 0 Å². The number of hydrogen-bond acceptors (Lipinski definition) is 3. The SMILES string of the molecule is CCCOc1cccc(CNCCN2CCCC2)c1. The molecule has 0 unspecified atom stereocenters. The lowest BCUT2D eigenvalue weighted by Crippen LogP contribution is -2.29. The summed E-state index contributed by atoms with van der Waals surface area (Å²) in [5.41, 5.74) is 1.30.